The normalized spacial score (nSPS) is 14.7. The molecule has 0 bridgehead atoms. The highest BCUT2D eigenvalue weighted by molar-refractivity contribution is 5.48. The van der Waals surface area contributed by atoms with Gasteiger partial charge in [0, 0.05) is 0 Å². The van der Waals surface area contributed by atoms with Gasteiger partial charge in [0.1, 0.15) is 11.4 Å². The van der Waals surface area contributed by atoms with E-state index in [2.05, 4.69) is 5.10 Å². The van der Waals surface area contributed by atoms with Crippen molar-refractivity contribution in [2.45, 2.75) is 39.0 Å². The van der Waals surface area contributed by atoms with Gasteiger partial charge >= 0.3 is 11.4 Å². The van der Waals surface area contributed by atoms with E-state index in [0.717, 1.165) is 26.8 Å². The molecule has 6 nitrogen and oxygen atoms in total. The summed E-state index contributed by atoms with van der Waals surface area (Å²) < 4.78 is 2.19. The van der Waals surface area contributed by atoms with E-state index < -0.39 is 11.4 Å². The topological polar surface area (TPSA) is 80.0 Å². The Labute approximate surface area is 156 Å². The molecule has 0 atom stereocenters. The van der Waals surface area contributed by atoms with E-state index in [1.54, 1.807) is 24.3 Å². The fourth-order valence-electron chi connectivity index (χ4n) is 3.89. The molecule has 0 radical (unpaired) electrons. The number of aromatic amines is 1. The highest BCUT2D eigenvalue weighted by Gasteiger charge is 2.18. The van der Waals surface area contributed by atoms with Crippen LogP contribution in [-0.2, 0) is 6.42 Å². The van der Waals surface area contributed by atoms with Crippen molar-refractivity contribution >= 4 is 0 Å². The number of hydrogen-bond acceptors (Lipinski definition) is 3. The third kappa shape index (κ3) is 3.35. The molecule has 1 aliphatic carbocycles. The first-order chi connectivity index (χ1) is 13.0. The first-order valence-electron chi connectivity index (χ1n) is 9.36. The van der Waals surface area contributed by atoms with Crippen molar-refractivity contribution in [2.24, 2.45) is 5.92 Å². The van der Waals surface area contributed by atoms with Crippen LogP contribution >= 0.6 is 0 Å². The molecule has 1 aromatic heterocycles. The molecule has 1 saturated carbocycles. The Hall–Kier alpha value is -3.02. The van der Waals surface area contributed by atoms with Crippen molar-refractivity contribution in [3.63, 3.8) is 0 Å². The highest BCUT2D eigenvalue weighted by Crippen LogP contribution is 2.30. The molecule has 4 rings (SSSR count). The van der Waals surface area contributed by atoms with Gasteiger partial charge in [-0.2, -0.15) is 4.68 Å². The van der Waals surface area contributed by atoms with Gasteiger partial charge in [0.2, 0.25) is 0 Å². The molecular formula is C21H23N3O3. The van der Waals surface area contributed by atoms with Crippen LogP contribution in [0.25, 0.3) is 11.4 Å². The number of phenolic OH excluding ortho intramolecular Hbond substituents is 1. The van der Waals surface area contributed by atoms with Crippen LogP contribution in [0.1, 0.15) is 36.8 Å². The smallest absolute Gasteiger partial charge is 0.356 e. The Morgan fingerprint density at radius 2 is 1.78 bits per heavy atom. The number of aromatic nitrogens is 3. The number of nitrogens with zero attached hydrogens (tertiary/aromatic N) is 2. The van der Waals surface area contributed by atoms with E-state index in [4.69, 9.17) is 0 Å². The van der Waals surface area contributed by atoms with Gasteiger partial charge in [0.05, 0.1) is 5.69 Å². The maximum atomic E-state index is 12.9. The lowest BCUT2D eigenvalue weighted by molar-refractivity contribution is 0.468. The Bertz CT molecular complexity index is 1070. The summed E-state index contributed by atoms with van der Waals surface area (Å²) in [7, 11) is 0. The SMILES string of the molecule is Cc1ccc(-n2c(=O)[nH]n(-c3cc(CC4CCCC4)ccc3O)c2=O)cc1. The minimum atomic E-state index is -0.538. The van der Waals surface area contributed by atoms with Gasteiger partial charge in [-0.3, -0.25) is 0 Å². The molecule has 0 spiro atoms. The quantitative estimate of drug-likeness (QED) is 0.746. The first kappa shape index (κ1) is 17.4. The fourth-order valence-corrected chi connectivity index (χ4v) is 3.89. The average Bonchev–Trinajstić information content (AvgIpc) is 3.26. The molecule has 1 fully saturated rings. The molecule has 0 saturated heterocycles. The molecule has 1 heterocycles. The lowest BCUT2D eigenvalue weighted by atomic mass is 9.97. The minimum absolute atomic E-state index is 0.0374. The molecule has 1 aliphatic rings. The second kappa shape index (κ2) is 6.95. The van der Waals surface area contributed by atoms with Crippen LogP contribution < -0.4 is 11.4 Å². The molecule has 3 aromatic rings. The summed E-state index contributed by atoms with van der Waals surface area (Å²) in [5, 5.41) is 12.8. The highest BCUT2D eigenvalue weighted by atomic mass is 16.3. The largest absolute Gasteiger partial charge is 0.506 e. The maximum Gasteiger partial charge on any atom is 0.356 e. The Morgan fingerprint density at radius 1 is 1.07 bits per heavy atom. The number of aromatic hydroxyl groups is 1. The molecule has 2 N–H and O–H groups in total. The van der Waals surface area contributed by atoms with Crippen molar-refractivity contribution in [2.75, 3.05) is 0 Å². The fraction of sp³-hybridized carbons (Fsp3) is 0.333. The number of phenols is 1. The number of nitrogens with one attached hydrogen (secondary N) is 1. The van der Waals surface area contributed by atoms with Gasteiger partial charge in [0.25, 0.3) is 0 Å². The van der Waals surface area contributed by atoms with E-state index in [-0.39, 0.29) is 5.75 Å². The summed E-state index contributed by atoms with van der Waals surface area (Å²) >= 11 is 0. The molecule has 0 aliphatic heterocycles. The van der Waals surface area contributed by atoms with Gasteiger partial charge in [-0.15, -0.1) is 0 Å². The second-order valence-electron chi connectivity index (χ2n) is 7.38. The van der Waals surface area contributed by atoms with Crippen LogP contribution in [0, 0.1) is 12.8 Å². The molecule has 0 amide bonds. The van der Waals surface area contributed by atoms with Crippen molar-refractivity contribution < 1.29 is 5.11 Å². The van der Waals surface area contributed by atoms with Crippen molar-refractivity contribution in [3.8, 4) is 17.1 Å². The van der Waals surface area contributed by atoms with Crippen molar-refractivity contribution in [1.82, 2.24) is 14.3 Å². The molecule has 27 heavy (non-hydrogen) atoms. The third-order valence-corrected chi connectivity index (χ3v) is 5.37. The molecule has 140 valence electrons. The lowest BCUT2D eigenvalue weighted by Gasteiger charge is -2.11. The molecule has 0 unspecified atom stereocenters. The monoisotopic (exact) mass is 365 g/mol. The number of hydrogen-bond donors (Lipinski definition) is 2. The zero-order valence-corrected chi connectivity index (χ0v) is 15.3. The van der Waals surface area contributed by atoms with Gasteiger partial charge in [-0.25, -0.2) is 19.3 Å². The van der Waals surface area contributed by atoms with Crippen LogP contribution in [0.3, 0.4) is 0 Å². The van der Waals surface area contributed by atoms with E-state index in [9.17, 15) is 14.7 Å². The summed E-state index contributed by atoms with van der Waals surface area (Å²) in [5.41, 5.74) is 1.83. The number of benzene rings is 2. The van der Waals surface area contributed by atoms with Gasteiger partial charge in [0.15, 0.2) is 0 Å². The summed E-state index contributed by atoms with van der Waals surface area (Å²) in [6.07, 6.45) is 5.89. The minimum Gasteiger partial charge on any atom is -0.506 e. The van der Waals surface area contributed by atoms with Crippen LogP contribution in [-0.4, -0.2) is 19.5 Å². The Morgan fingerprint density at radius 3 is 2.48 bits per heavy atom. The zero-order valence-electron chi connectivity index (χ0n) is 15.3. The average molecular weight is 365 g/mol. The van der Waals surface area contributed by atoms with E-state index in [1.807, 2.05) is 25.1 Å². The van der Waals surface area contributed by atoms with Crippen LogP contribution in [0.5, 0.6) is 5.75 Å². The zero-order chi connectivity index (χ0) is 19.0. The molecular weight excluding hydrogens is 342 g/mol. The number of H-pyrrole nitrogens is 1. The summed E-state index contributed by atoms with van der Waals surface area (Å²) in [5.74, 6) is 0.611. The second-order valence-corrected chi connectivity index (χ2v) is 7.38. The van der Waals surface area contributed by atoms with Gasteiger partial charge in [-0.1, -0.05) is 49.4 Å². The van der Waals surface area contributed by atoms with E-state index >= 15 is 0 Å². The van der Waals surface area contributed by atoms with Crippen LogP contribution in [0.15, 0.2) is 52.1 Å². The van der Waals surface area contributed by atoms with Crippen LogP contribution in [0.2, 0.25) is 0 Å². The van der Waals surface area contributed by atoms with Gasteiger partial charge in [-0.05, 0) is 49.1 Å². The molecule has 2 aromatic carbocycles. The Kier molecular flexibility index (Phi) is 4.48. The van der Waals surface area contributed by atoms with E-state index in [1.165, 1.54) is 25.7 Å². The van der Waals surface area contributed by atoms with Crippen molar-refractivity contribution in [1.29, 1.82) is 0 Å². The van der Waals surface area contributed by atoms with E-state index in [0.29, 0.717) is 17.3 Å². The van der Waals surface area contributed by atoms with Crippen LogP contribution in [0.4, 0.5) is 0 Å². The predicted molar refractivity (Wildman–Crippen MR) is 104 cm³/mol. The van der Waals surface area contributed by atoms with Crippen molar-refractivity contribution in [3.05, 3.63) is 74.6 Å². The number of rotatable bonds is 4. The summed E-state index contributed by atoms with van der Waals surface area (Å²) in [6.45, 7) is 1.94. The summed E-state index contributed by atoms with van der Waals surface area (Å²) in [4.78, 5) is 25.3. The maximum absolute atomic E-state index is 12.9. The standard InChI is InChI=1S/C21H23N3O3/c1-14-6-9-17(10-7-14)23-20(26)22-24(21(23)27)18-13-16(8-11-19(18)25)12-15-4-2-3-5-15/h6-11,13,15,25H,2-5,12H2,1H3,(H,22,26). The number of aryl methyl sites for hydroxylation is 1. The Balaban J connectivity index is 1.75. The first-order valence-corrected chi connectivity index (χ1v) is 9.36. The lowest BCUT2D eigenvalue weighted by Crippen LogP contribution is -2.26. The van der Waals surface area contributed by atoms with Gasteiger partial charge < -0.3 is 5.11 Å². The predicted octanol–water partition coefficient (Wildman–Crippen LogP) is 3.06. The third-order valence-electron chi connectivity index (χ3n) is 5.37. The summed E-state index contributed by atoms with van der Waals surface area (Å²) in [6, 6.07) is 12.4. The molecule has 6 heteroatoms.